The maximum absolute atomic E-state index is 14.2. The van der Waals surface area contributed by atoms with Crippen LogP contribution in [0.2, 0.25) is 0 Å². The van der Waals surface area contributed by atoms with E-state index in [2.05, 4.69) is 0 Å². The van der Waals surface area contributed by atoms with Crippen LogP contribution in [0.4, 0.5) is 0 Å². The fourth-order valence-electron chi connectivity index (χ4n) is 8.19. The van der Waals surface area contributed by atoms with Gasteiger partial charge in [0.05, 0.1) is 42.1 Å². The van der Waals surface area contributed by atoms with Crippen molar-refractivity contribution >= 4 is 23.9 Å². The molecule has 10 atom stereocenters. The summed E-state index contributed by atoms with van der Waals surface area (Å²) in [6.07, 6.45) is -12.3. The van der Waals surface area contributed by atoms with Gasteiger partial charge in [-0.25, -0.2) is 19.2 Å². The Morgan fingerprint density at radius 1 is 0.426 bits per heavy atom. The van der Waals surface area contributed by atoms with E-state index in [1.165, 1.54) is 0 Å². The number of ether oxygens (including phenoxy) is 10. The zero-order valence-corrected chi connectivity index (χ0v) is 36.6. The van der Waals surface area contributed by atoms with E-state index in [1.54, 1.807) is 121 Å². The van der Waals surface area contributed by atoms with Crippen LogP contribution in [0.5, 0.6) is 0 Å². The molecule has 0 saturated carbocycles. The molecule has 0 aliphatic carbocycles. The monoisotopic (exact) mass is 920 g/mol. The summed E-state index contributed by atoms with van der Waals surface area (Å²) in [6, 6.07) is 51.9. The molecule has 0 unspecified atom stereocenters. The van der Waals surface area contributed by atoms with Gasteiger partial charge in [0.25, 0.3) is 0 Å². The Hall–Kier alpha value is -7.04. The summed E-state index contributed by atoms with van der Waals surface area (Å²) in [5, 5.41) is 0. The number of carbonyl (C=O) groups excluding carboxylic acids is 4. The van der Waals surface area contributed by atoms with Crippen molar-refractivity contribution < 1.29 is 66.5 Å². The lowest BCUT2D eigenvalue weighted by Crippen LogP contribution is -2.65. The van der Waals surface area contributed by atoms with Gasteiger partial charge >= 0.3 is 23.9 Å². The molecule has 9 rings (SSSR count). The van der Waals surface area contributed by atoms with E-state index in [9.17, 15) is 19.2 Å². The molecule has 3 heterocycles. The molecule has 0 amide bonds. The Morgan fingerprint density at radius 3 is 1.32 bits per heavy atom. The van der Waals surface area contributed by atoms with Crippen LogP contribution in [0.1, 0.15) is 52.6 Å². The lowest BCUT2D eigenvalue weighted by atomic mass is 9.96. The van der Waals surface area contributed by atoms with E-state index in [4.69, 9.17) is 47.4 Å². The molecule has 0 aromatic heterocycles. The van der Waals surface area contributed by atoms with Crippen LogP contribution in [-0.4, -0.2) is 98.5 Å². The second-order valence-electron chi connectivity index (χ2n) is 16.2. The summed E-state index contributed by atoms with van der Waals surface area (Å²) < 4.78 is 64.3. The Balaban J connectivity index is 1.12. The lowest BCUT2D eigenvalue weighted by Gasteiger charge is -2.47. The van der Waals surface area contributed by atoms with Gasteiger partial charge in [-0.05, 0) is 59.7 Å². The molecule has 3 fully saturated rings. The largest absolute Gasteiger partial charge is 0.459 e. The van der Waals surface area contributed by atoms with Crippen LogP contribution < -0.4 is 0 Å². The molecule has 14 nitrogen and oxygen atoms in total. The number of rotatable bonds is 17. The van der Waals surface area contributed by atoms with Crippen LogP contribution in [0.3, 0.4) is 0 Å². The topological polar surface area (TPSA) is 161 Å². The van der Waals surface area contributed by atoms with Crippen molar-refractivity contribution in [3.63, 3.8) is 0 Å². The van der Waals surface area contributed by atoms with Crippen LogP contribution in [0.15, 0.2) is 182 Å². The van der Waals surface area contributed by atoms with Gasteiger partial charge in [0.2, 0.25) is 0 Å². The van der Waals surface area contributed by atoms with Crippen molar-refractivity contribution in [2.24, 2.45) is 0 Å². The van der Waals surface area contributed by atoms with Gasteiger partial charge in [0.15, 0.2) is 30.9 Å². The minimum Gasteiger partial charge on any atom is -0.459 e. The molecule has 3 saturated heterocycles. The molecular weight excluding hydrogens is 873 g/mol. The van der Waals surface area contributed by atoms with Crippen LogP contribution in [0, 0.1) is 0 Å². The first-order valence-corrected chi connectivity index (χ1v) is 22.3. The molecule has 6 aromatic rings. The van der Waals surface area contributed by atoms with Gasteiger partial charge in [0.1, 0.15) is 37.1 Å². The molecule has 348 valence electrons. The second-order valence-corrected chi connectivity index (χ2v) is 16.2. The Morgan fingerprint density at radius 2 is 0.838 bits per heavy atom. The SMILES string of the molecule is O=C(OC[C@H]1O[C@@H](O[C@H]2[C@H](OCc3ccccc3)[C@@H](OCc3ccccc3)[C@@H]3OC[C@H]2O3)[C@H](OC(=O)c2ccccc2)[C@@H](OC(=O)c2ccccc2)[C@@H]1OC(=O)c1ccccc1)c1ccccc1. The highest BCUT2D eigenvalue weighted by Crippen LogP contribution is 2.39. The summed E-state index contributed by atoms with van der Waals surface area (Å²) >= 11 is 0. The Bertz CT molecular complexity index is 2570. The van der Waals surface area contributed by atoms with E-state index in [0.29, 0.717) is 0 Å². The van der Waals surface area contributed by atoms with Crippen molar-refractivity contribution in [1.82, 2.24) is 0 Å². The molecule has 3 aliphatic heterocycles. The van der Waals surface area contributed by atoms with E-state index in [0.717, 1.165) is 11.1 Å². The summed E-state index contributed by atoms with van der Waals surface area (Å²) in [7, 11) is 0. The molecule has 2 bridgehead atoms. The molecule has 68 heavy (non-hydrogen) atoms. The first-order valence-electron chi connectivity index (χ1n) is 22.3. The molecule has 0 spiro atoms. The highest BCUT2D eigenvalue weighted by molar-refractivity contribution is 5.91. The summed E-state index contributed by atoms with van der Waals surface area (Å²) in [6.45, 7) is -0.156. The van der Waals surface area contributed by atoms with Crippen molar-refractivity contribution in [1.29, 1.82) is 0 Å². The fourth-order valence-corrected chi connectivity index (χ4v) is 8.19. The average Bonchev–Trinajstić information content (AvgIpc) is 3.84. The zero-order valence-electron chi connectivity index (χ0n) is 36.6. The number of fused-ring (bicyclic) bond motifs is 2. The second kappa shape index (κ2) is 22.2. The quantitative estimate of drug-likeness (QED) is 0.0651. The van der Waals surface area contributed by atoms with Gasteiger partial charge in [-0.3, -0.25) is 0 Å². The smallest absolute Gasteiger partial charge is 0.338 e. The van der Waals surface area contributed by atoms with Gasteiger partial charge < -0.3 is 47.4 Å². The van der Waals surface area contributed by atoms with E-state index < -0.39 is 91.9 Å². The minimum absolute atomic E-state index is 0.0643. The minimum atomic E-state index is -1.65. The van der Waals surface area contributed by atoms with Crippen molar-refractivity contribution in [3.05, 3.63) is 215 Å². The van der Waals surface area contributed by atoms with Crippen LogP contribution in [-0.2, 0) is 60.6 Å². The van der Waals surface area contributed by atoms with Crippen molar-refractivity contribution in [2.75, 3.05) is 13.2 Å². The Kier molecular flexibility index (Phi) is 15.0. The average molecular weight is 921 g/mol. The van der Waals surface area contributed by atoms with Gasteiger partial charge in [-0.15, -0.1) is 0 Å². The molecule has 14 heteroatoms. The summed E-state index contributed by atoms with van der Waals surface area (Å²) in [5.74, 6) is -3.21. The molecule has 6 aromatic carbocycles. The van der Waals surface area contributed by atoms with Crippen molar-refractivity contribution in [3.8, 4) is 0 Å². The predicted octanol–water partition coefficient (Wildman–Crippen LogP) is 7.56. The number of carbonyl (C=O) groups is 4. The summed E-state index contributed by atoms with van der Waals surface area (Å²) in [5.41, 5.74) is 2.46. The molecule has 0 radical (unpaired) electrons. The third-order valence-electron chi connectivity index (χ3n) is 11.6. The number of hydrogen-bond acceptors (Lipinski definition) is 14. The molecule has 3 aliphatic rings. The van der Waals surface area contributed by atoms with E-state index >= 15 is 0 Å². The highest BCUT2D eigenvalue weighted by atomic mass is 16.8. The predicted molar refractivity (Wildman–Crippen MR) is 242 cm³/mol. The van der Waals surface area contributed by atoms with Gasteiger partial charge in [0, 0.05) is 0 Å². The van der Waals surface area contributed by atoms with Crippen molar-refractivity contribution in [2.45, 2.75) is 74.6 Å². The lowest BCUT2D eigenvalue weighted by molar-refractivity contribution is -0.341. The maximum atomic E-state index is 14.2. The van der Waals surface area contributed by atoms with E-state index in [1.807, 2.05) is 60.7 Å². The first-order chi connectivity index (χ1) is 33.4. The number of hydrogen-bond donors (Lipinski definition) is 0. The van der Waals surface area contributed by atoms with E-state index in [-0.39, 0.29) is 42.1 Å². The highest BCUT2D eigenvalue weighted by Gasteiger charge is 2.58. The van der Waals surface area contributed by atoms with Crippen LogP contribution >= 0.6 is 0 Å². The Labute approximate surface area is 392 Å². The third-order valence-corrected chi connectivity index (χ3v) is 11.6. The van der Waals surface area contributed by atoms with Crippen LogP contribution in [0.25, 0.3) is 0 Å². The molecule has 0 N–H and O–H groups in total. The first kappa shape index (κ1) is 46.1. The number of benzene rings is 6. The number of esters is 4. The summed E-state index contributed by atoms with van der Waals surface area (Å²) in [4.78, 5) is 56.1. The fraction of sp³-hybridized carbons (Fsp3) is 0.259. The molecular formula is C54H48O14. The zero-order chi connectivity index (χ0) is 46.7. The normalized spacial score (nSPS) is 25.1. The standard InChI is InChI=1S/C54H48O14/c55-49(37-23-11-3-12-24-37)61-33-41-44(65-50(56)38-25-13-4-14-26-38)46(66-51(57)39-27-15-5-16-28-39)48(67-52(58)40-29-17-6-18-30-40)54(64-41)68-43-42-34-62-53(63-42)47(60-32-36-21-9-2-10-22-36)45(43)59-31-35-19-7-1-8-20-35/h1-30,41-48,53-54H,31-34H2/t41-,42-,43-,44-,45+,46+,47-,48-,53-,54+/m1/s1. The van der Waals surface area contributed by atoms with Gasteiger partial charge in [-0.1, -0.05) is 133 Å². The van der Waals surface area contributed by atoms with Gasteiger partial charge in [-0.2, -0.15) is 0 Å². The maximum Gasteiger partial charge on any atom is 0.338 e. The third kappa shape index (κ3) is 11.2.